The molecule has 4 rings (SSSR count). The summed E-state index contributed by atoms with van der Waals surface area (Å²) in [6.45, 7) is 1.63. The van der Waals surface area contributed by atoms with E-state index in [0.29, 0.717) is 29.1 Å². The predicted molar refractivity (Wildman–Crippen MR) is 124 cm³/mol. The number of carbonyl (C=O) groups is 1. The molecule has 1 aliphatic heterocycles. The number of aryl methyl sites for hydroxylation is 1. The number of hydrogen-bond acceptors (Lipinski definition) is 8. The zero-order chi connectivity index (χ0) is 24.6. The molecular formula is C22H23FN6O4S. The van der Waals surface area contributed by atoms with Crippen molar-refractivity contribution in [3.8, 4) is 5.75 Å². The number of aromatic nitrogens is 2. The maximum atomic E-state index is 14.4. The lowest BCUT2D eigenvalue weighted by atomic mass is 10.1. The van der Waals surface area contributed by atoms with Crippen LogP contribution in [-0.2, 0) is 21.2 Å². The Balaban J connectivity index is 1.54. The van der Waals surface area contributed by atoms with E-state index in [2.05, 4.69) is 20.6 Å². The molecule has 178 valence electrons. The Morgan fingerprint density at radius 3 is 2.59 bits per heavy atom. The van der Waals surface area contributed by atoms with Crippen LogP contribution in [0.25, 0.3) is 0 Å². The fourth-order valence-electron chi connectivity index (χ4n) is 3.52. The monoisotopic (exact) mass is 486 g/mol. The van der Waals surface area contributed by atoms with Crippen LogP contribution >= 0.6 is 0 Å². The summed E-state index contributed by atoms with van der Waals surface area (Å²) in [5.41, 5.74) is 2.23. The van der Waals surface area contributed by atoms with Gasteiger partial charge in [-0.1, -0.05) is 6.07 Å². The van der Waals surface area contributed by atoms with Gasteiger partial charge in [-0.25, -0.2) is 22.9 Å². The second kappa shape index (κ2) is 8.88. The molecule has 0 fully saturated rings. The van der Waals surface area contributed by atoms with Gasteiger partial charge in [0.2, 0.25) is 16.0 Å². The standard InChI is InChI=1S/C22H23FN6O4S/c1-12-4-5-15(10-19(12)34(24,31)32)27-22-25-11-16(23)20(28-22)26-14-6-7-17-13(8-14)9-18(33-17)21(30)29(2)3/h4-8,10-11,18H,9H2,1-3H3,(H2,24,31,32)(H2,25,26,27,28). The number of carbonyl (C=O) groups excluding carboxylic acids is 1. The summed E-state index contributed by atoms with van der Waals surface area (Å²) in [6, 6.07) is 9.75. The van der Waals surface area contributed by atoms with Crippen LogP contribution < -0.4 is 20.5 Å². The van der Waals surface area contributed by atoms with Crippen LogP contribution in [-0.4, -0.2) is 49.4 Å². The van der Waals surface area contributed by atoms with Crippen LogP contribution in [0.5, 0.6) is 5.75 Å². The number of likely N-dealkylation sites (N-methyl/N-ethyl adjacent to an activating group) is 1. The largest absolute Gasteiger partial charge is 0.480 e. The van der Waals surface area contributed by atoms with Crippen molar-refractivity contribution < 1.29 is 22.3 Å². The summed E-state index contributed by atoms with van der Waals surface area (Å²) in [4.78, 5) is 21.7. The molecule has 4 N–H and O–H groups in total. The molecule has 1 unspecified atom stereocenters. The fourth-order valence-corrected chi connectivity index (χ4v) is 4.33. The van der Waals surface area contributed by atoms with Crippen LogP contribution in [0.2, 0.25) is 0 Å². The summed E-state index contributed by atoms with van der Waals surface area (Å²) in [6.07, 6.45) is 0.804. The zero-order valence-electron chi connectivity index (χ0n) is 18.7. The van der Waals surface area contributed by atoms with Gasteiger partial charge in [0.25, 0.3) is 5.91 Å². The first kappa shape index (κ1) is 23.4. The number of nitrogens with one attached hydrogen (secondary N) is 2. The lowest BCUT2D eigenvalue weighted by molar-refractivity contribution is -0.135. The van der Waals surface area contributed by atoms with Gasteiger partial charge in [-0.05, 0) is 42.8 Å². The molecule has 0 radical (unpaired) electrons. The number of primary sulfonamides is 1. The molecule has 12 heteroatoms. The van der Waals surface area contributed by atoms with E-state index >= 15 is 0 Å². The molecule has 10 nitrogen and oxygen atoms in total. The van der Waals surface area contributed by atoms with E-state index in [-0.39, 0.29) is 22.6 Å². The number of nitrogens with two attached hydrogens (primary N) is 1. The lowest BCUT2D eigenvalue weighted by Crippen LogP contribution is -2.36. The first-order valence-electron chi connectivity index (χ1n) is 10.2. The minimum atomic E-state index is -3.91. The van der Waals surface area contributed by atoms with Crippen LogP contribution in [0.15, 0.2) is 47.5 Å². The van der Waals surface area contributed by atoms with Gasteiger partial charge >= 0.3 is 0 Å². The Labute approximate surface area is 196 Å². The fraction of sp³-hybridized carbons (Fsp3) is 0.227. The number of ether oxygens (including phenoxy) is 1. The van der Waals surface area contributed by atoms with Crippen molar-refractivity contribution in [1.82, 2.24) is 14.9 Å². The van der Waals surface area contributed by atoms with Gasteiger partial charge in [-0.2, -0.15) is 4.98 Å². The van der Waals surface area contributed by atoms with Gasteiger partial charge in [0, 0.05) is 37.5 Å². The minimum Gasteiger partial charge on any atom is -0.480 e. The first-order valence-corrected chi connectivity index (χ1v) is 11.8. The smallest absolute Gasteiger partial charge is 0.263 e. The number of sulfonamides is 1. The van der Waals surface area contributed by atoms with Crippen molar-refractivity contribution in [3.05, 3.63) is 59.5 Å². The molecule has 2 aromatic carbocycles. The van der Waals surface area contributed by atoms with E-state index in [1.807, 2.05) is 0 Å². The molecule has 3 aromatic rings. The van der Waals surface area contributed by atoms with Crippen molar-refractivity contribution in [2.45, 2.75) is 24.3 Å². The summed E-state index contributed by atoms with van der Waals surface area (Å²) in [5.74, 6) is -0.256. The van der Waals surface area contributed by atoms with Gasteiger partial charge in [0.1, 0.15) is 5.75 Å². The lowest BCUT2D eigenvalue weighted by Gasteiger charge is -2.15. The van der Waals surface area contributed by atoms with E-state index in [9.17, 15) is 17.6 Å². The average molecular weight is 487 g/mol. The number of amides is 1. The third kappa shape index (κ3) is 4.92. The Morgan fingerprint density at radius 1 is 1.18 bits per heavy atom. The summed E-state index contributed by atoms with van der Waals surface area (Å²) in [5, 5.41) is 11.0. The van der Waals surface area contributed by atoms with Crippen molar-refractivity contribution >= 4 is 39.1 Å². The minimum absolute atomic E-state index is 0.0376. The third-order valence-electron chi connectivity index (χ3n) is 5.21. The molecule has 34 heavy (non-hydrogen) atoms. The molecule has 0 aliphatic carbocycles. The van der Waals surface area contributed by atoms with Gasteiger partial charge in [0.05, 0.1) is 11.1 Å². The highest BCUT2D eigenvalue weighted by molar-refractivity contribution is 7.89. The number of fused-ring (bicyclic) bond motifs is 1. The van der Waals surface area contributed by atoms with Gasteiger partial charge in [-0.3, -0.25) is 4.79 Å². The summed E-state index contributed by atoms with van der Waals surface area (Å²) in [7, 11) is -0.582. The van der Waals surface area contributed by atoms with Crippen molar-refractivity contribution in [2.24, 2.45) is 5.14 Å². The number of anilines is 4. The average Bonchev–Trinajstić information content (AvgIpc) is 3.19. The van der Waals surface area contributed by atoms with E-state index < -0.39 is 21.9 Å². The molecule has 0 saturated carbocycles. The maximum absolute atomic E-state index is 14.4. The highest BCUT2D eigenvalue weighted by Crippen LogP contribution is 2.33. The van der Waals surface area contributed by atoms with Crippen LogP contribution in [0.3, 0.4) is 0 Å². The Morgan fingerprint density at radius 2 is 1.88 bits per heavy atom. The zero-order valence-corrected chi connectivity index (χ0v) is 19.5. The molecule has 1 amide bonds. The summed E-state index contributed by atoms with van der Waals surface area (Å²) < 4.78 is 43.6. The quantitative estimate of drug-likeness (QED) is 0.483. The summed E-state index contributed by atoms with van der Waals surface area (Å²) >= 11 is 0. The maximum Gasteiger partial charge on any atom is 0.263 e. The Hall–Kier alpha value is -3.77. The highest BCUT2D eigenvalue weighted by atomic mass is 32.2. The molecule has 2 heterocycles. The van der Waals surface area contributed by atoms with Crippen molar-refractivity contribution in [2.75, 3.05) is 24.7 Å². The van der Waals surface area contributed by atoms with Crippen LogP contribution in [0.1, 0.15) is 11.1 Å². The number of halogens is 1. The second-order valence-corrected chi connectivity index (χ2v) is 9.56. The number of rotatable bonds is 6. The first-order chi connectivity index (χ1) is 16.0. The van der Waals surface area contributed by atoms with Gasteiger partial charge in [0.15, 0.2) is 17.7 Å². The predicted octanol–water partition coefficient (Wildman–Crippen LogP) is 2.45. The van der Waals surface area contributed by atoms with Gasteiger partial charge < -0.3 is 20.3 Å². The topological polar surface area (TPSA) is 140 Å². The number of benzene rings is 2. The van der Waals surface area contributed by atoms with Crippen molar-refractivity contribution in [3.63, 3.8) is 0 Å². The Kier molecular flexibility index (Phi) is 6.11. The molecular weight excluding hydrogens is 463 g/mol. The SMILES string of the molecule is Cc1ccc(Nc2ncc(F)c(Nc3ccc4c(c3)CC(C(=O)N(C)C)O4)n2)cc1S(N)(=O)=O. The molecule has 0 spiro atoms. The van der Waals surface area contributed by atoms with E-state index in [1.54, 1.807) is 51.4 Å². The third-order valence-corrected chi connectivity index (χ3v) is 6.26. The van der Waals surface area contributed by atoms with E-state index in [1.165, 1.54) is 11.0 Å². The molecule has 0 bridgehead atoms. The Bertz CT molecular complexity index is 1380. The highest BCUT2D eigenvalue weighted by Gasteiger charge is 2.30. The van der Waals surface area contributed by atoms with Crippen LogP contribution in [0.4, 0.5) is 27.5 Å². The number of nitrogens with zero attached hydrogens (tertiary/aromatic N) is 3. The molecule has 0 saturated heterocycles. The van der Waals surface area contributed by atoms with E-state index in [4.69, 9.17) is 9.88 Å². The second-order valence-electron chi connectivity index (χ2n) is 8.03. The molecule has 1 aliphatic rings. The normalized spacial score (nSPS) is 14.8. The molecule has 1 atom stereocenters. The van der Waals surface area contributed by atoms with E-state index in [0.717, 1.165) is 11.8 Å². The van der Waals surface area contributed by atoms with Crippen LogP contribution in [0, 0.1) is 12.7 Å². The number of hydrogen-bond donors (Lipinski definition) is 3. The van der Waals surface area contributed by atoms with Crippen molar-refractivity contribution in [1.29, 1.82) is 0 Å². The van der Waals surface area contributed by atoms with Gasteiger partial charge in [-0.15, -0.1) is 0 Å². The molecule has 1 aromatic heterocycles.